The van der Waals surface area contributed by atoms with Crippen molar-refractivity contribution in [3.05, 3.63) is 86.7 Å². The molecule has 0 saturated carbocycles. The quantitative estimate of drug-likeness (QED) is 0.0759. The molecule has 0 bridgehead atoms. The van der Waals surface area contributed by atoms with Gasteiger partial charge in [0.2, 0.25) is 0 Å². The van der Waals surface area contributed by atoms with Gasteiger partial charge in [0.15, 0.2) is 0 Å². The Balaban J connectivity index is 0.00000867. The van der Waals surface area contributed by atoms with Crippen molar-refractivity contribution in [3.8, 4) is 0 Å². The summed E-state index contributed by atoms with van der Waals surface area (Å²) in [6.45, 7) is 20.2. The normalized spacial score (nSPS) is 11.6. The van der Waals surface area contributed by atoms with E-state index in [1.54, 1.807) is 0 Å². The Morgan fingerprint density at radius 3 is 1.00 bits per heavy atom. The van der Waals surface area contributed by atoms with E-state index in [-0.39, 0.29) is 41.9 Å². The molecule has 0 spiro atoms. The zero-order valence-electron chi connectivity index (χ0n) is 34.1. The van der Waals surface area contributed by atoms with Gasteiger partial charge in [-0.25, -0.2) is 4.98 Å². The van der Waals surface area contributed by atoms with Crippen LogP contribution in [0.1, 0.15) is 183 Å². The number of aromatic nitrogens is 1. The number of hydrogen-bond acceptors (Lipinski definition) is 3. The molecule has 1 aromatic heterocycles. The molecule has 2 aromatic carbocycles. The second kappa shape index (κ2) is 27.6. The molecule has 52 heavy (non-hydrogen) atoms. The SMILES string of the molecule is CCCCc1cc(CCCC)c(N=C(C)c2cc(C)cc(C(C)=Nc3c(CCCC)cc(CCCC)cc3CCCC)n2)c(CCCC)c1.[Cl-].[Cl-].[Fe+2]. The summed E-state index contributed by atoms with van der Waals surface area (Å²) < 4.78 is 0. The number of aliphatic imine (C=N–C) groups is 2. The van der Waals surface area contributed by atoms with Gasteiger partial charge in [-0.05, 0) is 149 Å². The Morgan fingerprint density at radius 2 is 0.731 bits per heavy atom. The zero-order valence-corrected chi connectivity index (χ0v) is 36.8. The third-order valence-corrected chi connectivity index (χ3v) is 9.76. The molecule has 0 atom stereocenters. The van der Waals surface area contributed by atoms with Gasteiger partial charge in [-0.1, -0.05) is 104 Å². The number of halogens is 2. The summed E-state index contributed by atoms with van der Waals surface area (Å²) in [5.74, 6) is 0. The van der Waals surface area contributed by atoms with Crippen LogP contribution in [0, 0.1) is 6.92 Å². The molecule has 0 saturated heterocycles. The maximum Gasteiger partial charge on any atom is 2.00 e. The smallest absolute Gasteiger partial charge is 1.00 e. The summed E-state index contributed by atoms with van der Waals surface area (Å²) >= 11 is 0. The Hall–Kier alpha value is -1.97. The average Bonchev–Trinajstić information content (AvgIpc) is 3.10. The number of benzene rings is 2. The van der Waals surface area contributed by atoms with Crippen molar-refractivity contribution < 1.29 is 41.9 Å². The van der Waals surface area contributed by atoms with Crippen LogP contribution in [-0.2, 0) is 55.6 Å². The van der Waals surface area contributed by atoms with Crippen molar-refractivity contribution in [2.45, 2.75) is 178 Å². The van der Waals surface area contributed by atoms with Crippen LogP contribution in [0.3, 0.4) is 0 Å². The molecule has 0 radical (unpaired) electrons. The van der Waals surface area contributed by atoms with Crippen molar-refractivity contribution in [1.29, 1.82) is 0 Å². The van der Waals surface area contributed by atoms with Gasteiger partial charge in [0.25, 0.3) is 0 Å². The molecule has 0 aliphatic heterocycles. The van der Waals surface area contributed by atoms with Crippen LogP contribution < -0.4 is 24.8 Å². The van der Waals surface area contributed by atoms with Crippen LogP contribution >= 0.6 is 0 Å². The number of nitrogens with zero attached hydrogens (tertiary/aromatic N) is 3. The zero-order chi connectivity index (χ0) is 35.6. The summed E-state index contributed by atoms with van der Waals surface area (Å²) in [6, 6.07) is 14.2. The Labute approximate surface area is 342 Å². The van der Waals surface area contributed by atoms with Crippen molar-refractivity contribution in [2.24, 2.45) is 9.98 Å². The molecule has 3 nitrogen and oxygen atoms in total. The van der Waals surface area contributed by atoms with Gasteiger partial charge in [0.1, 0.15) is 0 Å². The van der Waals surface area contributed by atoms with E-state index in [2.05, 4.69) is 98.7 Å². The predicted octanol–water partition coefficient (Wildman–Crippen LogP) is 7.73. The summed E-state index contributed by atoms with van der Waals surface area (Å²) in [5.41, 5.74) is 16.1. The van der Waals surface area contributed by atoms with Gasteiger partial charge in [0.05, 0.1) is 34.2 Å². The van der Waals surface area contributed by atoms with E-state index in [0.29, 0.717) is 0 Å². The van der Waals surface area contributed by atoms with Crippen molar-refractivity contribution in [1.82, 2.24) is 4.98 Å². The molecule has 0 fully saturated rings. The van der Waals surface area contributed by atoms with Gasteiger partial charge < -0.3 is 24.8 Å². The van der Waals surface area contributed by atoms with Crippen molar-refractivity contribution in [2.75, 3.05) is 0 Å². The fourth-order valence-corrected chi connectivity index (χ4v) is 6.72. The summed E-state index contributed by atoms with van der Waals surface area (Å²) in [7, 11) is 0. The number of rotatable bonds is 22. The first-order chi connectivity index (χ1) is 23.8. The Bertz CT molecular complexity index is 1360. The Morgan fingerprint density at radius 1 is 0.462 bits per heavy atom. The maximum absolute atomic E-state index is 5.43. The van der Waals surface area contributed by atoms with Crippen molar-refractivity contribution >= 4 is 22.8 Å². The largest absolute Gasteiger partial charge is 2.00 e. The monoisotopic (exact) mass is 789 g/mol. The minimum Gasteiger partial charge on any atom is -1.00 e. The second-order valence-electron chi connectivity index (χ2n) is 14.5. The molecular weight excluding hydrogens is 721 g/mol. The first kappa shape index (κ1) is 50.0. The predicted molar refractivity (Wildman–Crippen MR) is 217 cm³/mol. The van der Waals surface area contributed by atoms with Gasteiger partial charge in [0, 0.05) is 0 Å². The maximum atomic E-state index is 5.43. The van der Waals surface area contributed by atoms with Crippen LogP contribution in [0.2, 0.25) is 0 Å². The summed E-state index contributed by atoms with van der Waals surface area (Å²) in [6.07, 6.45) is 21.1. The number of hydrogen-bond donors (Lipinski definition) is 0. The van der Waals surface area contributed by atoms with Crippen LogP contribution in [0.15, 0.2) is 46.4 Å². The van der Waals surface area contributed by atoms with Crippen LogP contribution in [0.5, 0.6) is 0 Å². The van der Waals surface area contributed by atoms with Crippen LogP contribution in [0.4, 0.5) is 11.4 Å². The molecule has 3 rings (SSSR count). The number of pyridine rings is 1. The second-order valence-corrected chi connectivity index (χ2v) is 14.5. The molecular formula is C46H69Cl2FeN3. The van der Waals surface area contributed by atoms with E-state index in [9.17, 15) is 0 Å². The molecule has 0 unspecified atom stereocenters. The van der Waals surface area contributed by atoms with Gasteiger partial charge >= 0.3 is 17.1 Å². The van der Waals surface area contributed by atoms with E-state index < -0.39 is 0 Å². The number of aryl methyl sites for hydroxylation is 7. The van der Waals surface area contributed by atoms with E-state index in [0.717, 1.165) is 61.3 Å². The van der Waals surface area contributed by atoms with E-state index in [4.69, 9.17) is 15.0 Å². The first-order valence-corrected chi connectivity index (χ1v) is 20.2. The first-order valence-electron chi connectivity index (χ1n) is 20.2. The third-order valence-electron chi connectivity index (χ3n) is 9.76. The molecule has 290 valence electrons. The van der Waals surface area contributed by atoms with Gasteiger partial charge in [-0.15, -0.1) is 0 Å². The topological polar surface area (TPSA) is 37.6 Å². The molecule has 1 heterocycles. The van der Waals surface area contributed by atoms with Crippen LogP contribution in [-0.4, -0.2) is 16.4 Å². The third kappa shape index (κ3) is 15.8. The van der Waals surface area contributed by atoms with Crippen molar-refractivity contribution in [3.63, 3.8) is 0 Å². The standard InChI is InChI=1S/C46H69N3.2ClH.Fe/c1-10-16-22-37-30-39(24-18-12-3)45(40(31-37)25-19-13-4)47-35(8)43-28-34(7)29-44(49-43)36(9)48-46-41(26-20-14-5)32-38(23-17-11-2)33-42(46)27-21-15-6;;;/h28-33H,10-27H2,1-9H3;2*1H;/q;;;+2/p-2. The molecule has 0 N–H and O–H groups in total. The van der Waals surface area contributed by atoms with E-state index >= 15 is 0 Å². The molecule has 3 aromatic rings. The summed E-state index contributed by atoms with van der Waals surface area (Å²) in [4.78, 5) is 16.1. The molecule has 0 aliphatic carbocycles. The van der Waals surface area contributed by atoms with E-state index in [1.807, 2.05) is 0 Å². The minimum absolute atomic E-state index is 0. The fraction of sp³-hybridized carbons (Fsp3) is 0.587. The van der Waals surface area contributed by atoms with Gasteiger partial charge in [-0.3, -0.25) is 9.98 Å². The fourth-order valence-electron chi connectivity index (χ4n) is 6.72. The average molecular weight is 791 g/mol. The molecule has 0 amide bonds. The molecule has 0 aliphatic rings. The Kier molecular flexibility index (Phi) is 26.5. The van der Waals surface area contributed by atoms with E-state index in [1.165, 1.54) is 127 Å². The van der Waals surface area contributed by atoms with Crippen LogP contribution in [0.25, 0.3) is 0 Å². The summed E-state index contributed by atoms with van der Waals surface area (Å²) in [5, 5.41) is 0. The minimum atomic E-state index is 0. The number of unbranched alkanes of at least 4 members (excludes halogenated alkanes) is 6. The van der Waals surface area contributed by atoms with Gasteiger partial charge in [-0.2, -0.15) is 0 Å². The molecule has 6 heteroatoms.